The van der Waals surface area contributed by atoms with Crippen molar-refractivity contribution in [3.63, 3.8) is 0 Å². The van der Waals surface area contributed by atoms with Crippen LogP contribution in [0.15, 0.2) is 96.2 Å². The highest BCUT2D eigenvalue weighted by molar-refractivity contribution is 5.88. The van der Waals surface area contributed by atoms with Gasteiger partial charge >= 0.3 is 5.97 Å². The van der Waals surface area contributed by atoms with Crippen LogP contribution < -0.4 is 0 Å². The van der Waals surface area contributed by atoms with Gasteiger partial charge in [0.05, 0.1) is 18.3 Å². The Morgan fingerprint density at radius 1 is 0.974 bits per heavy atom. The lowest BCUT2D eigenvalue weighted by Gasteiger charge is -2.30. The molecular formula is C33H44O6. The molecule has 0 aliphatic carbocycles. The number of esters is 1. The van der Waals surface area contributed by atoms with Crippen LogP contribution in [0.5, 0.6) is 5.75 Å². The van der Waals surface area contributed by atoms with Gasteiger partial charge in [-0.3, -0.25) is 0 Å². The summed E-state index contributed by atoms with van der Waals surface area (Å²) in [5, 5.41) is 42.1. The van der Waals surface area contributed by atoms with Crippen molar-refractivity contribution in [2.75, 3.05) is 0 Å². The SMILES string of the molecule is C/C1=C/C=C\C=C/C=C\C[C@H](O)/C(C)=C\C=C/[C@H](C)CC[C@H](O)C[C@@H]([C@H](C)[C@@H](O)c2cccc(O)c2)OC1=O. The number of allylic oxidation sites excluding steroid dienone is 9. The number of ether oxygens (including phenoxy) is 1. The van der Waals surface area contributed by atoms with Crippen LogP contribution in [0.1, 0.15) is 65.0 Å². The highest BCUT2D eigenvalue weighted by atomic mass is 16.5. The molecule has 0 saturated heterocycles. The van der Waals surface area contributed by atoms with Crippen molar-refractivity contribution in [2.45, 2.75) is 77.8 Å². The summed E-state index contributed by atoms with van der Waals surface area (Å²) >= 11 is 0. The van der Waals surface area contributed by atoms with Gasteiger partial charge in [-0.1, -0.05) is 86.7 Å². The number of aliphatic hydroxyl groups excluding tert-OH is 3. The van der Waals surface area contributed by atoms with Crippen LogP contribution in [0.4, 0.5) is 0 Å². The Hall–Kier alpha value is -3.19. The molecule has 0 saturated carbocycles. The molecule has 6 heteroatoms. The monoisotopic (exact) mass is 536 g/mol. The fourth-order valence-corrected chi connectivity index (χ4v) is 4.19. The van der Waals surface area contributed by atoms with E-state index in [1.807, 2.05) is 49.5 Å². The summed E-state index contributed by atoms with van der Waals surface area (Å²) in [6.07, 6.45) is 17.3. The summed E-state index contributed by atoms with van der Waals surface area (Å²) in [5.41, 5.74) is 1.77. The molecule has 1 aliphatic rings. The summed E-state index contributed by atoms with van der Waals surface area (Å²) in [6.45, 7) is 7.39. The summed E-state index contributed by atoms with van der Waals surface area (Å²) in [4.78, 5) is 12.9. The van der Waals surface area contributed by atoms with Gasteiger partial charge < -0.3 is 25.2 Å². The second-order valence-corrected chi connectivity index (χ2v) is 10.4. The van der Waals surface area contributed by atoms with E-state index >= 15 is 0 Å². The van der Waals surface area contributed by atoms with Crippen LogP contribution in [0.2, 0.25) is 0 Å². The van der Waals surface area contributed by atoms with Crippen molar-refractivity contribution in [1.82, 2.24) is 0 Å². The zero-order valence-electron chi connectivity index (χ0n) is 23.5. The molecule has 0 amide bonds. The maximum absolute atomic E-state index is 12.9. The first-order valence-electron chi connectivity index (χ1n) is 13.6. The molecule has 0 radical (unpaired) electrons. The predicted molar refractivity (Wildman–Crippen MR) is 156 cm³/mol. The van der Waals surface area contributed by atoms with Gasteiger partial charge in [-0.2, -0.15) is 0 Å². The fraction of sp³-hybridized carbons (Fsp3) is 0.424. The van der Waals surface area contributed by atoms with Crippen molar-refractivity contribution >= 4 is 5.97 Å². The maximum atomic E-state index is 12.9. The number of aromatic hydroxyl groups is 1. The summed E-state index contributed by atoms with van der Waals surface area (Å²) in [7, 11) is 0. The number of hydrogen-bond donors (Lipinski definition) is 4. The van der Waals surface area contributed by atoms with Gasteiger partial charge in [0, 0.05) is 17.9 Å². The van der Waals surface area contributed by atoms with Gasteiger partial charge in [-0.05, 0) is 62.3 Å². The van der Waals surface area contributed by atoms with E-state index in [9.17, 15) is 25.2 Å². The van der Waals surface area contributed by atoms with Gasteiger partial charge in [0.2, 0.25) is 0 Å². The third kappa shape index (κ3) is 11.6. The van der Waals surface area contributed by atoms with Gasteiger partial charge in [0.25, 0.3) is 0 Å². The second-order valence-electron chi connectivity index (χ2n) is 10.4. The molecule has 4 N–H and O–H groups in total. The molecule has 6 atom stereocenters. The van der Waals surface area contributed by atoms with Crippen molar-refractivity contribution < 1.29 is 30.0 Å². The van der Waals surface area contributed by atoms with Crippen LogP contribution in [-0.2, 0) is 9.53 Å². The van der Waals surface area contributed by atoms with Crippen molar-refractivity contribution in [1.29, 1.82) is 0 Å². The van der Waals surface area contributed by atoms with E-state index in [4.69, 9.17) is 4.74 Å². The fourth-order valence-electron chi connectivity index (χ4n) is 4.19. The number of hydrogen-bond acceptors (Lipinski definition) is 6. The van der Waals surface area contributed by atoms with E-state index in [-0.39, 0.29) is 18.1 Å². The highest BCUT2D eigenvalue weighted by Crippen LogP contribution is 2.31. The van der Waals surface area contributed by atoms with E-state index in [0.29, 0.717) is 24.0 Å². The number of cyclic esters (lactones) is 1. The van der Waals surface area contributed by atoms with Gasteiger partial charge in [-0.25, -0.2) is 4.79 Å². The first kappa shape index (κ1) is 32.0. The van der Waals surface area contributed by atoms with Crippen molar-refractivity contribution in [3.05, 3.63) is 102 Å². The molecule has 0 unspecified atom stereocenters. The molecule has 1 aromatic rings. The van der Waals surface area contributed by atoms with E-state index in [2.05, 4.69) is 6.92 Å². The number of aliphatic hydroxyl groups is 3. The minimum Gasteiger partial charge on any atom is -0.508 e. The Kier molecular flexibility index (Phi) is 13.7. The quantitative estimate of drug-likeness (QED) is 0.352. The Bertz CT molecular complexity index is 1090. The maximum Gasteiger partial charge on any atom is 0.333 e. The molecule has 0 fully saturated rings. The summed E-state index contributed by atoms with van der Waals surface area (Å²) in [6, 6.07) is 6.36. The normalized spacial score (nSPS) is 31.9. The van der Waals surface area contributed by atoms with E-state index in [1.165, 1.54) is 12.1 Å². The van der Waals surface area contributed by atoms with Crippen LogP contribution in [0, 0.1) is 11.8 Å². The minimum absolute atomic E-state index is 0.0370. The van der Waals surface area contributed by atoms with Crippen LogP contribution in [-0.4, -0.2) is 44.7 Å². The van der Waals surface area contributed by atoms with Crippen LogP contribution in [0.25, 0.3) is 0 Å². The average Bonchev–Trinajstić information content (AvgIpc) is 2.91. The number of carbonyl (C=O) groups excluding carboxylic acids is 1. The summed E-state index contributed by atoms with van der Waals surface area (Å²) < 4.78 is 5.83. The lowest BCUT2D eigenvalue weighted by Crippen LogP contribution is -2.33. The minimum atomic E-state index is -1.00. The molecule has 0 aromatic heterocycles. The molecule has 212 valence electrons. The number of rotatable bonds is 3. The summed E-state index contributed by atoms with van der Waals surface area (Å²) in [5.74, 6) is -0.830. The molecule has 0 bridgehead atoms. The number of benzene rings is 1. The number of phenols is 1. The smallest absolute Gasteiger partial charge is 0.333 e. The zero-order valence-corrected chi connectivity index (χ0v) is 23.5. The number of phenolic OH excluding ortho intramolecular Hbond substituents is 1. The third-order valence-electron chi connectivity index (χ3n) is 6.95. The first-order valence-corrected chi connectivity index (χ1v) is 13.6. The Morgan fingerprint density at radius 2 is 1.69 bits per heavy atom. The first-order chi connectivity index (χ1) is 18.6. The van der Waals surface area contributed by atoms with E-state index in [1.54, 1.807) is 44.2 Å². The molecule has 1 heterocycles. The molecule has 39 heavy (non-hydrogen) atoms. The lowest BCUT2D eigenvalue weighted by atomic mass is 9.88. The topological polar surface area (TPSA) is 107 Å². The van der Waals surface area contributed by atoms with Crippen LogP contribution in [0.3, 0.4) is 0 Å². The Balaban J connectivity index is 2.28. The number of carbonyl (C=O) groups is 1. The lowest BCUT2D eigenvalue weighted by molar-refractivity contribution is -0.151. The largest absolute Gasteiger partial charge is 0.508 e. The van der Waals surface area contributed by atoms with Gasteiger partial charge in [0.15, 0.2) is 0 Å². The van der Waals surface area contributed by atoms with E-state index < -0.39 is 36.3 Å². The molecule has 1 aliphatic heterocycles. The van der Waals surface area contributed by atoms with Gasteiger partial charge in [0.1, 0.15) is 11.9 Å². The second kappa shape index (κ2) is 16.7. The van der Waals surface area contributed by atoms with Crippen molar-refractivity contribution in [3.8, 4) is 5.75 Å². The van der Waals surface area contributed by atoms with Crippen molar-refractivity contribution in [2.24, 2.45) is 11.8 Å². The van der Waals surface area contributed by atoms with Crippen LogP contribution >= 0.6 is 0 Å². The molecule has 2 rings (SSSR count). The molecule has 1 aromatic carbocycles. The molecule has 6 nitrogen and oxygen atoms in total. The zero-order chi connectivity index (χ0) is 28.8. The van der Waals surface area contributed by atoms with Gasteiger partial charge in [-0.15, -0.1) is 0 Å². The standard InChI is InChI=1S/C33H44O6/c1-23-13-11-15-24(2)30(36)18-10-8-6-5-7-9-14-25(3)33(38)39-31(22-29(35)20-19-23)26(4)32(37)27-16-12-17-28(34)21-27/h5-17,21,23,26,29-32,34-37H,18-20,22H2,1-4H3/b6-5-,9-7-,10-8-,13-11-,24-15-,25-14-/t23-,26-,29-,30-,31-,32+/m0/s1. The molecular weight excluding hydrogens is 492 g/mol. The van der Waals surface area contributed by atoms with E-state index in [0.717, 1.165) is 12.0 Å². The highest BCUT2D eigenvalue weighted by Gasteiger charge is 2.31. The average molecular weight is 537 g/mol. The molecule has 0 spiro atoms. The Labute approximate surface area is 233 Å². The Morgan fingerprint density at radius 3 is 2.44 bits per heavy atom. The predicted octanol–water partition coefficient (Wildman–Crippen LogP) is 6.02. The third-order valence-corrected chi connectivity index (χ3v) is 6.95.